The molecule has 0 radical (unpaired) electrons. The molecule has 10 heteroatoms. The second-order valence-corrected chi connectivity index (χ2v) is 6.49. The SMILES string of the molecule is CC1(O)c2cn(-c3c(Cl)cc(C(F)(F)F)cc3Cl)nc2CC1(F)F. The van der Waals surface area contributed by atoms with Gasteiger partial charge in [0.1, 0.15) is 5.69 Å². The summed E-state index contributed by atoms with van der Waals surface area (Å²) < 4.78 is 66.7. The van der Waals surface area contributed by atoms with Crippen molar-refractivity contribution in [2.45, 2.75) is 31.0 Å². The summed E-state index contributed by atoms with van der Waals surface area (Å²) in [6, 6.07) is 1.34. The predicted molar refractivity (Wildman–Crippen MR) is 76.8 cm³/mol. The van der Waals surface area contributed by atoms with Gasteiger partial charge in [-0.1, -0.05) is 23.2 Å². The van der Waals surface area contributed by atoms with Crippen molar-refractivity contribution >= 4 is 23.2 Å². The Morgan fingerprint density at radius 1 is 1.21 bits per heavy atom. The summed E-state index contributed by atoms with van der Waals surface area (Å²) in [6.45, 7) is 0.945. The zero-order valence-corrected chi connectivity index (χ0v) is 13.4. The number of rotatable bonds is 1. The maximum absolute atomic E-state index is 13.7. The first-order chi connectivity index (χ1) is 10.8. The number of nitrogens with zero attached hydrogens (tertiary/aromatic N) is 2. The number of halogens is 7. The third-order valence-corrected chi connectivity index (χ3v) is 4.57. The van der Waals surface area contributed by atoms with E-state index in [1.807, 2.05) is 0 Å². The van der Waals surface area contributed by atoms with Crippen molar-refractivity contribution in [1.82, 2.24) is 9.78 Å². The molecule has 0 bridgehead atoms. The van der Waals surface area contributed by atoms with Crippen molar-refractivity contribution in [2.24, 2.45) is 0 Å². The lowest BCUT2D eigenvalue weighted by Gasteiger charge is -2.25. The van der Waals surface area contributed by atoms with Crippen LogP contribution in [0.3, 0.4) is 0 Å². The zero-order chi connectivity index (χ0) is 18.1. The molecule has 0 amide bonds. The fraction of sp³-hybridized carbons (Fsp3) is 0.357. The molecule has 0 saturated heterocycles. The third-order valence-electron chi connectivity index (χ3n) is 3.99. The molecule has 1 N–H and O–H groups in total. The van der Waals surface area contributed by atoms with E-state index in [0.29, 0.717) is 12.1 Å². The zero-order valence-electron chi connectivity index (χ0n) is 11.9. The van der Waals surface area contributed by atoms with Gasteiger partial charge in [0.05, 0.1) is 27.7 Å². The van der Waals surface area contributed by atoms with Crippen LogP contribution in [0.25, 0.3) is 5.69 Å². The highest BCUT2D eigenvalue weighted by Crippen LogP contribution is 2.48. The van der Waals surface area contributed by atoms with E-state index >= 15 is 0 Å². The highest BCUT2D eigenvalue weighted by atomic mass is 35.5. The molecular weight excluding hydrogens is 378 g/mol. The Morgan fingerprint density at radius 3 is 2.21 bits per heavy atom. The van der Waals surface area contributed by atoms with E-state index in [0.717, 1.165) is 17.8 Å². The molecule has 0 saturated carbocycles. The summed E-state index contributed by atoms with van der Waals surface area (Å²) in [6.07, 6.45) is -4.34. The molecule has 0 aliphatic heterocycles. The quantitative estimate of drug-likeness (QED) is 0.727. The van der Waals surface area contributed by atoms with Crippen molar-refractivity contribution in [3.8, 4) is 5.69 Å². The van der Waals surface area contributed by atoms with E-state index in [2.05, 4.69) is 5.10 Å². The predicted octanol–water partition coefficient (Wildman–Crippen LogP) is 4.60. The van der Waals surface area contributed by atoms with Crippen LogP contribution in [-0.4, -0.2) is 20.8 Å². The van der Waals surface area contributed by atoms with Crippen molar-refractivity contribution in [3.05, 3.63) is 45.2 Å². The van der Waals surface area contributed by atoms with Gasteiger partial charge >= 0.3 is 6.18 Å². The topological polar surface area (TPSA) is 38.0 Å². The Labute approximate surface area is 142 Å². The molecule has 1 unspecified atom stereocenters. The van der Waals surface area contributed by atoms with Crippen LogP contribution in [0.5, 0.6) is 0 Å². The number of aromatic nitrogens is 2. The van der Waals surface area contributed by atoms with E-state index in [1.54, 1.807) is 0 Å². The van der Waals surface area contributed by atoms with Crippen molar-refractivity contribution in [3.63, 3.8) is 0 Å². The molecule has 1 atom stereocenters. The lowest BCUT2D eigenvalue weighted by atomic mass is 9.98. The van der Waals surface area contributed by atoms with E-state index in [1.165, 1.54) is 0 Å². The first-order valence-corrected chi connectivity index (χ1v) is 7.36. The molecule has 24 heavy (non-hydrogen) atoms. The molecule has 0 spiro atoms. The van der Waals surface area contributed by atoms with Crippen LogP contribution in [0.1, 0.15) is 23.7 Å². The molecule has 130 valence electrons. The van der Waals surface area contributed by atoms with Crippen LogP contribution in [0, 0.1) is 0 Å². The minimum absolute atomic E-state index is 0.0722. The second-order valence-electron chi connectivity index (χ2n) is 5.67. The van der Waals surface area contributed by atoms with Crippen LogP contribution in [0.2, 0.25) is 10.0 Å². The Morgan fingerprint density at radius 2 is 1.75 bits per heavy atom. The maximum atomic E-state index is 13.7. The van der Waals surface area contributed by atoms with Gasteiger partial charge in [0.2, 0.25) is 0 Å². The number of aliphatic hydroxyl groups is 1. The fourth-order valence-corrected chi connectivity index (χ4v) is 3.25. The third kappa shape index (κ3) is 2.48. The first kappa shape index (κ1) is 17.4. The average Bonchev–Trinajstić information content (AvgIpc) is 2.85. The average molecular weight is 387 g/mol. The minimum atomic E-state index is -4.64. The van der Waals surface area contributed by atoms with Crippen molar-refractivity contribution in [2.75, 3.05) is 0 Å². The largest absolute Gasteiger partial charge is 0.416 e. The van der Waals surface area contributed by atoms with Gasteiger partial charge < -0.3 is 5.11 Å². The minimum Gasteiger partial charge on any atom is -0.379 e. The van der Waals surface area contributed by atoms with Crippen LogP contribution < -0.4 is 0 Å². The molecule has 0 fully saturated rings. The van der Waals surface area contributed by atoms with Gasteiger partial charge in [-0.05, 0) is 19.1 Å². The summed E-state index contributed by atoms with van der Waals surface area (Å²) in [5.41, 5.74) is -3.76. The molecule has 1 aliphatic carbocycles. The summed E-state index contributed by atoms with van der Waals surface area (Å²) in [5.74, 6) is -3.39. The lowest BCUT2D eigenvalue weighted by molar-refractivity contribution is -0.164. The fourth-order valence-electron chi connectivity index (χ4n) is 2.59. The van der Waals surface area contributed by atoms with Crippen LogP contribution >= 0.6 is 23.2 Å². The number of hydrogen-bond donors (Lipinski definition) is 1. The monoisotopic (exact) mass is 386 g/mol. The summed E-state index contributed by atoms with van der Waals surface area (Å²) >= 11 is 11.7. The Balaban J connectivity index is 2.11. The second kappa shape index (κ2) is 5.06. The summed E-state index contributed by atoms with van der Waals surface area (Å²) in [5, 5.41) is 13.2. The summed E-state index contributed by atoms with van der Waals surface area (Å²) in [7, 11) is 0. The number of benzene rings is 1. The number of alkyl halides is 5. The molecule has 1 heterocycles. The molecule has 3 rings (SSSR count). The van der Waals surface area contributed by atoms with Crippen molar-refractivity contribution in [1.29, 1.82) is 0 Å². The Kier molecular flexibility index (Phi) is 3.68. The smallest absolute Gasteiger partial charge is 0.379 e. The standard InChI is InChI=1S/C14H9Cl2F5N2O/c1-12(24)7-5-23(22-10(7)4-13(12,17)18)11-8(15)2-6(3-9(11)16)14(19,20)21/h2-3,5,24H,4H2,1H3. The first-order valence-electron chi connectivity index (χ1n) is 6.60. The Bertz CT molecular complexity index is 806. The van der Waals surface area contributed by atoms with E-state index in [9.17, 15) is 27.1 Å². The maximum Gasteiger partial charge on any atom is 0.416 e. The number of fused-ring (bicyclic) bond motifs is 1. The van der Waals surface area contributed by atoms with Gasteiger partial charge in [0.25, 0.3) is 5.92 Å². The normalized spacial score (nSPS) is 22.7. The highest BCUT2D eigenvalue weighted by Gasteiger charge is 2.58. The molecule has 3 nitrogen and oxygen atoms in total. The van der Waals surface area contributed by atoms with Gasteiger partial charge in [0.15, 0.2) is 5.60 Å². The van der Waals surface area contributed by atoms with Gasteiger partial charge in [-0.3, -0.25) is 0 Å². The van der Waals surface area contributed by atoms with E-state index < -0.39 is 29.7 Å². The van der Waals surface area contributed by atoms with E-state index in [4.69, 9.17) is 23.2 Å². The van der Waals surface area contributed by atoms with Gasteiger partial charge in [-0.15, -0.1) is 0 Å². The summed E-state index contributed by atoms with van der Waals surface area (Å²) in [4.78, 5) is 0. The molecule has 2 aromatic rings. The van der Waals surface area contributed by atoms with Gasteiger partial charge in [-0.25, -0.2) is 13.5 Å². The molecular formula is C14H9Cl2F5N2O. The van der Waals surface area contributed by atoms with Gasteiger partial charge in [0, 0.05) is 11.8 Å². The van der Waals surface area contributed by atoms with Crippen LogP contribution in [0.15, 0.2) is 18.3 Å². The van der Waals surface area contributed by atoms with Crippen LogP contribution in [0.4, 0.5) is 22.0 Å². The highest BCUT2D eigenvalue weighted by molar-refractivity contribution is 6.37. The van der Waals surface area contributed by atoms with Crippen molar-refractivity contribution < 1.29 is 27.1 Å². The Hall–Kier alpha value is -1.38. The molecule has 1 aliphatic rings. The number of hydrogen-bond acceptors (Lipinski definition) is 2. The molecule has 1 aromatic heterocycles. The molecule has 1 aromatic carbocycles. The van der Waals surface area contributed by atoms with Gasteiger partial charge in [-0.2, -0.15) is 18.3 Å². The lowest BCUT2D eigenvalue weighted by Crippen LogP contribution is -2.39. The van der Waals surface area contributed by atoms with Crippen LogP contribution in [-0.2, 0) is 18.2 Å². The van der Waals surface area contributed by atoms with E-state index in [-0.39, 0.29) is 27.0 Å².